The smallest absolute Gasteiger partial charge is 0.224 e. The second kappa shape index (κ2) is 6.84. The molecule has 1 aromatic rings. The molecule has 0 bridgehead atoms. The van der Waals surface area contributed by atoms with E-state index in [1.54, 1.807) is 6.07 Å². The van der Waals surface area contributed by atoms with Crippen LogP contribution in [0.3, 0.4) is 0 Å². The zero-order valence-corrected chi connectivity index (χ0v) is 11.2. The largest absolute Gasteiger partial charge is 0.374 e. The maximum absolute atomic E-state index is 13.5. The van der Waals surface area contributed by atoms with Crippen molar-refractivity contribution in [1.82, 2.24) is 10.6 Å². The van der Waals surface area contributed by atoms with Crippen LogP contribution in [-0.2, 0) is 16.0 Å². The molecule has 19 heavy (non-hydrogen) atoms. The Labute approximate surface area is 116 Å². The van der Waals surface area contributed by atoms with E-state index in [1.807, 2.05) is 0 Å². The summed E-state index contributed by atoms with van der Waals surface area (Å²) in [5, 5.41) is 6.16. The molecule has 0 spiro atoms. The monoisotopic (exact) mass is 286 g/mol. The number of nitrogens with one attached hydrogen (secondary N) is 2. The molecule has 0 radical (unpaired) electrons. The van der Waals surface area contributed by atoms with Crippen LogP contribution in [0.25, 0.3) is 0 Å². The molecule has 1 fully saturated rings. The standard InChI is InChI=1S/C13H16ClFN2O2/c14-11-2-1-3-12(15)10(11)6-13(18)17-8-9-7-16-4-5-19-9/h1-3,9,16H,4-8H2,(H,17,18). The van der Waals surface area contributed by atoms with Gasteiger partial charge in [-0.05, 0) is 12.1 Å². The first kappa shape index (κ1) is 14.2. The number of ether oxygens (including phenoxy) is 1. The van der Waals surface area contributed by atoms with Gasteiger partial charge in [0.05, 0.1) is 19.1 Å². The lowest BCUT2D eigenvalue weighted by Crippen LogP contribution is -2.45. The van der Waals surface area contributed by atoms with E-state index in [-0.39, 0.29) is 29.0 Å². The second-order valence-corrected chi connectivity index (χ2v) is 4.79. The topological polar surface area (TPSA) is 50.4 Å². The quantitative estimate of drug-likeness (QED) is 0.872. The van der Waals surface area contributed by atoms with Crippen LogP contribution >= 0.6 is 11.6 Å². The Kier molecular flexibility index (Phi) is 5.13. The van der Waals surface area contributed by atoms with Gasteiger partial charge in [0.15, 0.2) is 0 Å². The predicted octanol–water partition coefficient (Wildman–Crippen LogP) is 1.13. The number of rotatable bonds is 4. The van der Waals surface area contributed by atoms with Gasteiger partial charge in [-0.1, -0.05) is 17.7 Å². The van der Waals surface area contributed by atoms with E-state index in [2.05, 4.69) is 10.6 Å². The van der Waals surface area contributed by atoms with Crippen molar-refractivity contribution in [2.75, 3.05) is 26.2 Å². The van der Waals surface area contributed by atoms with E-state index in [1.165, 1.54) is 12.1 Å². The second-order valence-electron chi connectivity index (χ2n) is 4.38. The Morgan fingerprint density at radius 2 is 2.42 bits per heavy atom. The molecular weight excluding hydrogens is 271 g/mol. The summed E-state index contributed by atoms with van der Waals surface area (Å²) in [6, 6.07) is 4.38. The van der Waals surface area contributed by atoms with E-state index in [0.29, 0.717) is 19.7 Å². The number of carbonyl (C=O) groups is 1. The lowest BCUT2D eigenvalue weighted by molar-refractivity contribution is -0.121. The van der Waals surface area contributed by atoms with Crippen LogP contribution in [0.2, 0.25) is 5.02 Å². The molecular formula is C13H16ClFN2O2. The SMILES string of the molecule is O=C(Cc1c(F)cccc1Cl)NCC1CNCCO1. The van der Waals surface area contributed by atoms with Gasteiger partial charge < -0.3 is 15.4 Å². The molecule has 0 aromatic heterocycles. The molecule has 0 aliphatic carbocycles. The minimum absolute atomic E-state index is 0.0335. The number of carbonyl (C=O) groups excluding carboxylic acids is 1. The van der Waals surface area contributed by atoms with Gasteiger partial charge in [-0.25, -0.2) is 4.39 Å². The fraction of sp³-hybridized carbons (Fsp3) is 0.462. The average Bonchev–Trinajstić information content (AvgIpc) is 2.42. The van der Waals surface area contributed by atoms with E-state index >= 15 is 0 Å². The van der Waals surface area contributed by atoms with Gasteiger partial charge in [-0.15, -0.1) is 0 Å². The third-order valence-electron chi connectivity index (χ3n) is 2.93. The van der Waals surface area contributed by atoms with Crippen molar-refractivity contribution in [2.45, 2.75) is 12.5 Å². The van der Waals surface area contributed by atoms with Crippen LogP contribution in [0.1, 0.15) is 5.56 Å². The molecule has 1 unspecified atom stereocenters. The van der Waals surface area contributed by atoms with Crippen LogP contribution < -0.4 is 10.6 Å². The number of amides is 1. The van der Waals surface area contributed by atoms with Gasteiger partial charge in [0.25, 0.3) is 0 Å². The number of hydrogen-bond donors (Lipinski definition) is 2. The molecule has 1 aromatic carbocycles. The number of benzene rings is 1. The number of hydrogen-bond acceptors (Lipinski definition) is 3. The van der Waals surface area contributed by atoms with E-state index in [9.17, 15) is 9.18 Å². The highest BCUT2D eigenvalue weighted by Gasteiger charge is 2.16. The van der Waals surface area contributed by atoms with Gasteiger partial charge in [0.1, 0.15) is 5.82 Å². The summed E-state index contributed by atoms with van der Waals surface area (Å²) in [5.41, 5.74) is 0.226. The Bertz CT molecular complexity index is 430. The first-order chi connectivity index (χ1) is 9.16. The average molecular weight is 287 g/mol. The summed E-state index contributed by atoms with van der Waals surface area (Å²) in [4.78, 5) is 11.7. The van der Waals surface area contributed by atoms with Crippen LogP contribution in [0.4, 0.5) is 4.39 Å². The van der Waals surface area contributed by atoms with E-state index in [4.69, 9.17) is 16.3 Å². The van der Waals surface area contributed by atoms with E-state index < -0.39 is 5.82 Å². The zero-order valence-electron chi connectivity index (χ0n) is 10.4. The molecule has 1 saturated heterocycles. The number of halogens is 2. The zero-order chi connectivity index (χ0) is 13.7. The van der Waals surface area contributed by atoms with Crippen molar-refractivity contribution in [2.24, 2.45) is 0 Å². The Morgan fingerprint density at radius 3 is 3.11 bits per heavy atom. The lowest BCUT2D eigenvalue weighted by Gasteiger charge is -2.23. The van der Waals surface area contributed by atoms with Crippen molar-refractivity contribution in [3.05, 3.63) is 34.6 Å². The first-order valence-corrected chi connectivity index (χ1v) is 6.56. The summed E-state index contributed by atoms with van der Waals surface area (Å²) in [6.07, 6.45) is -0.0974. The Hall–Kier alpha value is -1.17. The molecule has 1 atom stereocenters. The highest BCUT2D eigenvalue weighted by atomic mass is 35.5. The third kappa shape index (κ3) is 4.16. The highest BCUT2D eigenvalue weighted by Crippen LogP contribution is 2.19. The maximum atomic E-state index is 13.5. The minimum Gasteiger partial charge on any atom is -0.374 e. The summed E-state index contributed by atoms with van der Waals surface area (Å²) in [6.45, 7) is 2.59. The normalized spacial score (nSPS) is 19.2. The fourth-order valence-corrected chi connectivity index (χ4v) is 2.13. The molecule has 1 aliphatic heterocycles. The van der Waals surface area contributed by atoms with Gasteiger partial charge in [0, 0.05) is 30.2 Å². The van der Waals surface area contributed by atoms with Crippen molar-refractivity contribution in [3.8, 4) is 0 Å². The molecule has 1 amide bonds. The van der Waals surface area contributed by atoms with Gasteiger partial charge in [-0.3, -0.25) is 4.79 Å². The molecule has 2 N–H and O–H groups in total. The molecule has 2 rings (SSSR count). The summed E-state index contributed by atoms with van der Waals surface area (Å²) >= 11 is 5.87. The van der Waals surface area contributed by atoms with Gasteiger partial charge in [-0.2, -0.15) is 0 Å². The van der Waals surface area contributed by atoms with E-state index in [0.717, 1.165) is 6.54 Å². The first-order valence-electron chi connectivity index (χ1n) is 6.18. The minimum atomic E-state index is -0.460. The van der Waals surface area contributed by atoms with Crippen LogP contribution in [0, 0.1) is 5.82 Å². The summed E-state index contributed by atoms with van der Waals surface area (Å²) < 4.78 is 19.0. The molecule has 4 nitrogen and oxygen atoms in total. The van der Waals surface area contributed by atoms with Crippen LogP contribution in [0.5, 0.6) is 0 Å². The van der Waals surface area contributed by atoms with Crippen molar-refractivity contribution in [3.63, 3.8) is 0 Å². The van der Waals surface area contributed by atoms with Crippen LogP contribution in [0.15, 0.2) is 18.2 Å². The maximum Gasteiger partial charge on any atom is 0.224 e. The predicted molar refractivity (Wildman–Crippen MR) is 70.7 cm³/mol. The van der Waals surface area contributed by atoms with Crippen molar-refractivity contribution in [1.29, 1.82) is 0 Å². The molecule has 0 saturated carbocycles. The Balaban J connectivity index is 1.83. The third-order valence-corrected chi connectivity index (χ3v) is 3.28. The van der Waals surface area contributed by atoms with Crippen molar-refractivity contribution < 1.29 is 13.9 Å². The fourth-order valence-electron chi connectivity index (χ4n) is 1.90. The summed E-state index contributed by atoms with van der Waals surface area (Å²) in [7, 11) is 0. The summed E-state index contributed by atoms with van der Waals surface area (Å²) in [5.74, 6) is -0.723. The molecule has 1 aliphatic rings. The van der Waals surface area contributed by atoms with Crippen molar-refractivity contribution >= 4 is 17.5 Å². The van der Waals surface area contributed by atoms with Gasteiger partial charge in [0.2, 0.25) is 5.91 Å². The molecule has 6 heteroatoms. The lowest BCUT2D eigenvalue weighted by atomic mass is 10.1. The highest BCUT2D eigenvalue weighted by molar-refractivity contribution is 6.31. The molecule has 104 valence electrons. The number of morpholine rings is 1. The molecule has 1 heterocycles. The van der Waals surface area contributed by atoms with Gasteiger partial charge >= 0.3 is 0 Å². The van der Waals surface area contributed by atoms with Crippen LogP contribution in [-0.4, -0.2) is 38.3 Å². The Morgan fingerprint density at radius 1 is 1.58 bits per heavy atom.